The largest absolute Gasteiger partial charge is 0.573 e. The Morgan fingerprint density at radius 3 is 2.31 bits per heavy atom. The predicted molar refractivity (Wildman–Crippen MR) is 147 cm³/mol. The lowest BCUT2D eigenvalue weighted by atomic mass is 9.95. The van der Waals surface area contributed by atoms with Crippen LogP contribution in [0.5, 0.6) is 5.75 Å². The van der Waals surface area contributed by atoms with E-state index in [0.717, 1.165) is 34.4 Å². The molecule has 5 rings (SSSR count). The van der Waals surface area contributed by atoms with Crippen LogP contribution in [0, 0.1) is 13.8 Å². The monoisotopic (exact) mass is 530 g/mol. The highest BCUT2D eigenvalue weighted by atomic mass is 19.4. The standard InChI is InChI=1S/C32H29F3N2O2/c1-21-7-4-5-10-29(21)36(3)18-24-8-6-9-25(16-24)26-15-22(2)30-27(17-26)20-37(31(30)38)19-23-11-13-28(14-12-23)39-32(33,34)35/h4-17H,18-20H2,1-3H3. The third kappa shape index (κ3) is 5.93. The fourth-order valence-corrected chi connectivity index (χ4v) is 5.24. The second-order valence-electron chi connectivity index (χ2n) is 10.0. The van der Waals surface area contributed by atoms with Gasteiger partial charge in [0.1, 0.15) is 5.75 Å². The number of fused-ring (bicyclic) bond motifs is 1. The lowest BCUT2D eigenvalue weighted by Gasteiger charge is -2.22. The third-order valence-electron chi connectivity index (χ3n) is 7.02. The van der Waals surface area contributed by atoms with Crippen molar-refractivity contribution in [3.63, 3.8) is 0 Å². The molecule has 0 aromatic heterocycles. The van der Waals surface area contributed by atoms with Crippen LogP contribution < -0.4 is 9.64 Å². The van der Waals surface area contributed by atoms with E-state index in [4.69, 9.17) is 0 Å². The predicted octanol–water partition coefficient (Wildman–Crippen LogP) is 7.66. The average Bonchev–Trinajstić information content (AvgIpc) is 3.20. The number of hydrogen-bond donors (Lipinski definition) is 0. The first kappa shape index (κ1) is 26.4. The SMILES string of the molecule is Cc1ccccc1N(C)Cc1cccc(-c2cc(C)c3c(c2)CN(Cc2ccc(OC(F)(F)F)cc2)C3=O)c1. The van der Waals surface area contributed by atoms with Crippen LogP contribution in [0.25, 0.3) is 11.1 Å². The van der Waals surface area contributed by atoms with E-state index in [0.29, 0.717) is 18.7 Å². The van der Waals surface area contributed by atoms with Crippen molar-refractivity contribution in [2.24, 2.45) is 0 Å². The zero-order valence-corrected chi connectivity index (χ0v) is 22.0. The summed E-state index contributed by atoms with van der Waals surface area (Å²) in [6.07, 6.45) is -4.74. The van der Waals surface area contributed by atoms with Crippen molar-refractivity contribution in [2.75, 3.05) is 11.9 Å². The summed E-state index contributed by atoms with van der Waals surface area (Å²) >= 11 is 0. The minimum atomic E-state index is -4.74. The maximum Gasteiger partial charge on any atom is 0.573 e. The number of rotatable bonds is 7. The average molecular weight is 531 g/mol. The molecule has 1 heterocycles. The van der Waals surface area contributed by atoms with Gasteiger partial charge < -0.3 is 14.5 Å². The van der Waals surface area contributed by atoms with Gasteiger partial charge in [-0.25, -0.2) is 0 Å². The molecule has 4 nitrogen and oxygen atoms in total. The normalized spacial score (nSPS) is 13.0. The van der Waals surface area contributed by atoms with Crippen LogP contribution in [0.2, 0.25) is 0 Å². The van der Waals surface area contributed by atoms with E-state index in [9.17, 15) is 18.0 Å². The molecule has 0 saturated heterocycles. The Morgan fingerprint density at radius 1 is 0.846 bits per heavy atom. The number of ether oxygens (including phenoxy) is 1. The zero-order chi connectivity index (χ0) is 27.7. The number of benzene rings is 4. The van der Waals surface area contributed by atoms with Crippen molar-refractivity contribution in [1.29, 1.82) is 0 Å². The summed E-state index contributed by atoms with van der Waals surface area (Å²) in [6.45, 7) is 5.57. The Kier molecular flexibility index (Phi) is 7.08. The Morgan fingerprint density at radius 2 is 1.59 bits per heavy atom. The highest BCUT2D eigenvalue weighted by Gasteiger charge is 2.32. The van der Waals surface area contributed by atoms with Crippen LogP contribution in [-0.4, -0.2) is 24.2 Å². The van der Waals surface area contributed by atoms with Crippen LogP contribution in [-0.2, 0) is 19.6 Å². The third-order valence-corrected chi connectivity index (χ3v) is 7.02. The second-order valence-corrected chi connectivity index (χ2v) is 10.0. The van der Waals surface area contributed by atoms with E-state index in [-0.39, 0.29) is 11.7 Å². The lowest BCUT2D eigenvalue weighted by molar-refractivity contribution is -0.274. The van der Waals surface area contributed by atoms with Crippen molar-refractivity contribution >= 4 is 11.6 Å². The molecule has 1 amide bonds. The molecule has 4 aromatic carbocycles. The molecule has 200 valence electrons. The molecule has 0 unspecified atom stereocenters. The Hall–Kier alpha value is -4.26. The molecule has 0 N–H and O–H groups in total. The second kappa shape index (κ2) is 10.5. The topological polar surface area (TPSA) is 32.8 Å². The molecule has 0 spiro atoms. The minimum absolute atomic E-state index is 0.0710. The van der Waals surface area contributed by atoms with Crippen molar-refractivity contribution in [1.82, 2.24) is 4.90 Å². The first-order valence-corrected chi connectivity index (χ1v) is 12.7. The minimum Gasteiger partial charge on any atom is -0.406 e. The Labute approximate surface area is 226 Å². The number of halogens is 3. The quantitative estimate of drug-likeness (QED) is 0.246. The number of amides is 1. The summed E-state index contributed by atoms with van der Waals surface area (Å²) in [5.41, 5.74) is 9.04. The summed E-state index contributed by atoms with van der Waals surface area (Å²) in [5.74, 6) is -0.353. The molecule has 4 aromatic rings. The van der Waals surface area contributed by atoms with Crippen molar-refractivity contribution in [2.45, 2.75) is 39.8 Å². The zero-order valence-electron chi connectivity index (χ0n) is 22.0. The summed E-state index contributed by atoms with van der Waals surface area (Å²) in [5, 5.41) is 0. The van der Waals surface area contributed by atoms with E-state index in [1.54, 1.807) is 17.0 Å². The van der Waals surface area contributed by atoms with Crippen molar-refractivity contribution < 1.29 is 22.7 Å². The fraction of sp³-hybridized carbons (Fsp3) is 0.219. The number of carbonyl (C=O) groups excluding carboxylic acids is 1. The first-order chi connectivity index (χ1) is 18.6. The number of alkyl halides is 3. The van der Waals surface area contributed by atoms with Crippen LogP contribution in [0.1, 0.15) is 38.2 Å². The first-order valence-electron chi connectivity index (χ1n) is 12.7. The lowest BCUT2D eigenvalue weighted by Crippen LogP contribution is -2.23. The number of aryl methyl sites for hydroxylation is 2. The van der Waals surface area contributed by atoms with Gasteiger partial charge in [-0.2, -0.15) is 0 Å². The van der Waals surface area contributed by atoms with Gasteiger partial charge in [0.15, 0.2) is 0 Å². The van der Waals surface area contributed by atoms with Crippen molar-refractivity contribution in [3.05, 3.63) is 118 Å². The summed E-state index contributed by atoms with van der Waals surface area (Å²) in [6, 6.07) is 26.5. The molecular formula is C32H29F3N2O2. The van der Waals surface area contributed by atoms with Crippen LogP contribution in [0.3, 0.4) is 0 Å². The van der Waals surface area contributed by atoms with Crippen molar-refractivity contribution in [3.8, 4) is 16.9 Å². The number of carbonyl (C=O) groups is 1. The van der Waals surface area contributed by atoms with Crippen LogP contribution in [0.4, 0.5) is 18.9 Å². The molecule has 0 atom stereocenters. The molecule has 0 bridgehead atoms. The molecule has 39 heavy (non-hydrogen) atoms. The van der Waals surface area contributed by atoms with Gasteiger partial charge in [0.2, 0.25) is 0 Å². The van der Waals surface area contributed by atoms with Gasteiger partial charge in [-0.1, -0.05) is 54.6 Å². The van der Waals surface area contributed by atoms with Gasteiger partial charge in [0.25, 0.3) is 5.91 Å². The van der Waals surface area contributed by atoms with Gasteiger partial charge in [-0.05, 0) is 83.1 Å². The van der Waals surface area contributed by atoms with Gasteiger partial charge >= 0.3 is 6.36 Å². The Bertz CT molecular complexity index is 1510. The van der Waals surface area contributed by atoms with Crippen LogP contribution in [0.15, 0.2) is 84.9 Å². The van der Waals surface area contributed by atoms with Gasteiger partial charge in [0, 0.05) is 37.9 Å². The molecule has 0 radical (unpaired) electrons. The van der Waals surface area contributed by atoms with E-state index in [1.807, 2.05) is 25.1 Å². The summed E-state index contributed by atoms with van der Waals surface area (Å²) in [4.78, 5) is 17.2. The number of hydrogen-bond acceptors (Lipinski definition) is 3. The maximum atomic E-state index is 13.2. The number of anilines is 1. The van der Waals surface area contributed by atoms with E-state index in [2.05, 4.69) is 66.1 Å². The molecule has 1 aliphatic heterocycles. The molecular weight excluding hydrogens is 501 g/mol. The molecule has 0 saturated carbocycles. The fourth-order valence-electron chi connectivity index (χ4n) is 5.24. The highest BCUT2D eigenvalue weighted by molar-refractivity contribution is 6.00. The maximum absolute atomic E-state index is 13.2. The van der Waals surface area contributed by atoms with Crippen LogP contribution >= 0.6 is 0 Å². The smallest absolute Gasteiger partial charge is 0.406 e. The van der Waals surface area contributed by atoms with E-state index in [1.165, 1.54) is 28.9 Å². The number of nitrogens with zero attached hydrogens (tertiary/aromatic N) is 2. The molecule has 0 aliphatic carbocycles. The summed E-state index contributed by atoms with van der Waals surface area (Å²) < 4.78 is 41.3. The highest BCUT2D eigenvalue weighted by Crippen LogP contribution is 2.33. The van der Waals surface area contributed by atoms with Gasteiger partial charge in [-0.3, -0.25) is 4.79 Å². The summed E-state index contributed by atoms with van der Waals surface area (Å²) in [7, 11) is 2.09. The molecule has 0 fully saturated rings. The number of para-hydroxylation sites is 1. The van der Waals surface area contributed by atoms with Gasteiger partial charge in [-0.15, -0.1) is 13.2 Å². The van der Waals surface area contributed by atoms with E-state index < -0.39 is 6.36 Å². The molecule has 7 heteroatoms. The Balaban J connectivity index is 1.32. The van der Waals surface area contributed by atoms with Gasteiger partial charge in [0.05, 0.1) is 0 Å². The van der Waals surface area contributed by atoms with E-state index >= 15 is 0 Å². The molecule has 1 aliphatic rings.